The maximum Gasteiger partial charge on any atom is 0.191 e. The van der Waals surface area contributed by atoms with E-state index in [9.17, 15) is 0 Å². The van der Waals surface area contributed by atoms with Crippen molar-refractivity contribution in [1.82, 2.24) is 15.5 Å². The Kier molecular flexibility index (Phi) is 10.4. The van der Waals surface area contributed by atoms with E-state index >= 15 is 0 Å². The summed E-state index contributed by atoms with van der Waals surface area (Å²) in [4.78, 5) is 6.77. The zero-order valence-corrected chi connectivity index (χ0v) is 17.5. The van der Waals surface area contributed by atoms with Crippen LogP contribution in [0.3, 0.4) is 0 Å². The molecule has 1 heterocycles. The fourth-order valence-electron chi connectivity index (χ4n) is 2.87. The highest BCUT2D eigenvalue weighted by Gasteiger charge is 2.22. The molecule has 0 aliphatic carbocycles. The Bertz CT molecular complexity index is 515. The number of halogens is 2. The number of hydrogen-bond acceptors (Lipinski definition) is 3. The molecule has 5 nitrogen and oxygen atoms in total. The molecule has 7 heteroatoms. The van der Waals surface area contributed by atoms with Crippen molar-refractivity contribution in [2.75, 3.05) is 39.8 Å². The van der Waals surface area contributed by atoms with E-state index in [0.29, 0.717) is 30.0 Å². The molecule has 1 atom stereocenters. The van der Waals surface area contributed by atoms with E-state index in [1.807, 2.05) is 24.3 Å². The van der Waals surface area contributed by atoms with Crippen LogP contribution in [0.1, 0.15) is 19.8 Å². The molecule has 0 aromatic heterocycles. The quantitative estimate of drug-likeness (QED) is 0.281. The van der Waals surface area contributed by atoms with E-state index in [4.69, 9.17) is 16.3 Å². The highest BCUT2D eigenvalue weighted by atomic mass is 127. The summed E-state index contributed by atoms with van der Waals surface area (Å²) in [6.07, 6.45) is 2.55. The zero-order valence-electron chi connectivity index (χ0n) is 14.4. The first-order chi connectivity index (χ1) is 11.2. The van der Waals surface area contributed by atoms with Crippen molar-refractivity contribution in [1.29, 1.82) is 0 Å². The lowest BCUT2D eigenvalue weighted by Crippen LogP contribution is -2.45. The highest BCUT2D eigenvalue weighted by molar-refractivity contribution is 14.0. The first kappa shape index (κ1) is 21.3. The molecule has 1 aliphatic heterocycles. The fourth-order valence-corrected chi connectivity index (χ4v) is 3.06. The van der Waals surface area contributed by atoms with Crippen LogP contribution in [0.2, 0.25) is 5.02 Å². The standard InChI is InChI=1S/C17H27ClN4O.HI/c1-3-22-11-6-7-14(22)13-21-17(19-2)20-10-12-23-16-9-5-4-8-15(16)18;/h4-5,8-9,14H,3,6-7,10-13H2,1-2H3,(H2,19,20,21);1H. The van der Waals surface area contributed by atoms with Crippen LogP contribution < -0.4 is 15.4 Å². The first-order valence-electron chi connectivity index (χ1n) is 8.30. The average Bonchev–Trinajstić information content (AvgIpc) is 3.03. The Morgan fingerprint density at radius 3 is 2.88 bits per heavy atom. The monoisotopic (exact) mass is 466 g/mol. The van der Waals surface area contributed by atoms with Gasteiger partial charge in [0.05, 0.1) is 11.6 Å². The van der Waals surface area contributed by atoms with Crippen LogP contribution in [0.25, 0.3) is 0 Å². The van der Waals surface area contributed by atoms with Gasteiger partial charge in [0.25, 0.3) is 0 Å². The minimum absolute atomic E-state index is 0. The molecule has 136 valence electrons. The Hall–Kier alpha value is -0.730. The lowest BCUT2D eigenvalue weighted by molar-refractivity contribution is 0.266. The number of para-hydroxylation sites is 1. The molecular weight excluding hydrogens is 439 g/mol. The average molecular weight is 467 g/mol. The van der Waals surface area contributed by atoms with Gasteiger partial charge >= 0.3 is 0 Å². The number of rotatable bonds is 7. The van der Waals surface area contributed by atoms with Gasteiger partial charge in [0.1, 0.15) is 12.4 Å². The zero-order chi connectivity index (χ0) is 16.5. The minimum atomic E-state index is 0. The van der Waals surface area contributed by atoms with E-state index in [2.05, 4.69) is 27.4 Å². The molecule has 1 aliphatic rings. The third kappa shape index (κ3) is 6.64. The van der Waals surface area contributed by atoms with Crippen molar-refractivity contribution in [3.63, 3.8) is 0 Å². The van der Waals surface area contributed by atoms with Gasteiger partial charge in [0.2, 0.25) is 0 Å². The van der Waals surface area contributed by atoms with E-state index in [-0.39, 0.29) is 24.0 Å². The molecule has 24 heavy (non-hydrogen) atoms. The maximum absolute atomic E-state index is 6.06. The first-order valence-corrected chi connectivity index (χ1v) is 8.68. The Labute approximate surface area is 167 Å². The summed E-state index contributed by atoms with van der Waals surface area (Å²) in [5, 5.41) is 7.30. The molecule has 0 amide bonds. The van der Waals surface area contributed by atoms with E-state index in [1.54, 1.807) is 7.05 Å². The topological polar surface area (TPSA) is 48.9 Å². The summed E-state index contributed by atoms with van der Waals surface area (Å²) < 4.78 is 5.66. The number of nitrogens with zero attached hydrogens (tertiary/aromatic N) is 2. The van der Waals surface area contributed by atoms with Crippen LogP contribution in [0.15, 0.2) is 29.3 Å². The van der Waals surface area contributed by atoms with Crippen molar-refractivity contribution in [2.24, 2.45) is 4.99 Å². The fraction of sp³-hybridized carbons (Fsp3) is 0.588. The van der Waals surface area contributed by atoms with Gasteiger partial charge in [-0.25, -0.2) is 0 Å². The molecule has 2 rings (SSSR count). The summed E-state index contributed by atoms with van der Waals surface area (Å²) in [5.74, 6) is 1.53. The SMILES string of the molecule is CCN1CCCC1CNC(=NC)NCCOc1ccccc1Cl.I. The van der Waals surface area contributed by atoms with Gasteiger partial charge in [-0.1, -0.05) is 30.7 Å². The Morgan fingerprint density at radius 2 is 2.17 bits per heavy atom. The molecule has 0 spiro atoms. The second-order valence-corrected chi connectivity index (χ2v) is 5.99. The summed E-state index contributed by atoms with van der Waals surface area (Å²) in [7, 11) is 1.79. The van der Waals surface area contributed by atoms with Crippen molar-refractivity contribution in [2.45, 2.75) is 25.8 Å². The van der Waals surface area contributed by atoms with Crippen LogP contribution in [-0.4, -0.2) is 56.7 Å². The van der Waals surface area contributed by atoms with Gasteiger partial charge in [-0.15, -0.1) is 24.0 Å². The van der Waals surface area contributed by atoms with Gasteiger partial charge in [-0.05, 0) is 38.1 Å². The minimum Gasteiger partial charge on any atom is -0.490 e. The Morgan fingerprint density at radius 1 is 1.38 bits per heavy atom. The van der Waals surface area contributed by atoms with Crippen molar-refractivity contribution >= 4 is 41.5 Å². The summed E-state index contributed by atoms with van der Waals surface area (Å²) in [6, 6.07) is 8.11. The molecule has 0 saturated carbocycles. The van der Waals surface area contributed by atoms with Crippen LogP contribution in [0.4, 0.5) is 0 Å². The van der Waals surface area contributed by atoms with Gasteiger partial charge in [0, 0.05) is 19.6 Å². The van der Waals surface area contributed by atoms with Crippen molar-refractivity contribution in [3.05, 3.63) is 29.3 Å². The van der Waals surface area contributed by atoms with Gasteiger partial charge in [-0.3, -0.25) is 9.89 Å². The maximum atomic E-state index is 6.06. The molecule has 0 bridgehead atoms. The smallest absolute Gasteiger partial charge is 0.191 e. The molecule has 2 N–H and O–H groups in total. The van der Waals surface area contributed by atoms with E-state index in [0.717, 1.165) is 19.0 Å². The van der Waals surface area contributed by atoms with Crippen molar-refractivity contribution < 1.29 is 4.74 Å². The molecule has 1 fully saturated rings. The number of nitrogens with one attached hydrogen (secondary N) is 2. The molecule has 0 radical (unpaired) electrons. The summed E-state index contributed by atoms with van der Waals surface area (Å²) >= 11 is 6.06. The lowest BCUT2D eigenvalue weighted by Gasteiger charge is -2.24. The molecule has 1 aromatic rings. The van der Waals surface area contributed by atoms with Gasteiger partial charge < -0.3 is 15.4 Å². The van der Waals surface area contributed by atoms with Gasteiger partial charge in [0.15, 0.2) is 5.96 Å². The summed E-state index contributed by atoms with van der Waals surface area (Å²) in [5.41, 5.74) is 0. The third-order valence-corrected chi connectivity index (χ3v) is 4.43. The van der Waals surface area contributed by atoms with Gasteiger partial charge in [-0.2, -0.15) is 0 Å². The predicted molar refractivity (Wildman–Crippen MR) is 112 cm³/mol. The number of likely N-dealkylation sites (N-methyl/N-ethyl adjacent to an activating group) is 1. The van der Waals surface area contributed by atoms with Crippen LogP contribution in [0, 0.1) is 0 Å². The normalized spacial score (nSPS) is 18.1. The van der Waals surface area contributed by atoms with Crippen molar-refractivity contribution in [3.8, 4) is 5.75 Å². The molecule has 1 saturated heterocycles. The van der Waals surface area contributed by atoms with Crippen LogP contribution in [-0.2, 0) is 0 Å². The number of ether oxygens (including phenoxy) is 1. The molecule has 1 aromatic carbocycles. The van der Waals surface area contributed by atoms with Crippen LogP contribution >= 0.6 is 35.6 Å². The molecular formula is C17H28ClIN4O. The Balaban J connectivity index is 0.00000288. The highest BCUT2D eigenvalue weighted by Crippen LogP contribution is 2.22. The lowest BCUT2D eigenvalue weighted by atomic mass is 10.2. The largest absolute Gasteiger partial charge is 0.490 e. The number of benzene rings is 1. The van der Waals surface area contributed by atoms with Crippen LogP contribution in [0.5, 0.6) is 5.75 Å². The second kappa shape index (κ2) is 11.8. The third-order valence-electron chi connectivity index (χ3n) is 4.12. The predicted octanol–water partition coefficient (Wildman–Crippen LogP) is 2.99. The number of likely N-dealkylation sites (tertiary alicyclic amines) is 1. The molecule has 1 unspecified atom stereocenters. The number of aliphatic imine (C=N–C) groups is 1. The van der Waals surface area contributed by atoms with E-state index in [1.165, 1.54) is 19.4 Å². The summed E-state index contributed by atoms with van der Waals surface area (Å²) in [6.45, 7) is 6.68. The second-order valence-electron chi connectivity index (χ2n) is 5.58. The van der Waals surface area contributed by atoms with E-state index < -0.39 is 0 Å². The number of hydrogen-bond donors (Lipinski definition) is 2. The number of guanidine groups is 1.